The van der Waals surface area contributed by atoms with Crippen molar-refractivity contribution in [2.45, 2.75) is 18.2 Å². The molecule has 0 bridgehead atoms. The fourth-order valence-corrected chi connectivity index (χ4v) is 4.97. The van der Waals surface area contributed by atoms with Crippen LogP contribution in [0.5, 0.6) is 0 Å². The van der Waals surface area contributed by atoms with E-state index in [9.17, 15) is 13.2 Å². The molecule has 2 heterocycles. The molecule has 7 nitrogen and oxygen atoms in total. The van der Waals surface area contributed by atoms with E-state index in [1.54, 1.807) is 25.3 Å². The van der Waals surface area contributed by atoms with Crippen LogP contribution in [-0.4, -0.2) is 55.0 Å². The number of aryl methyl sites for hydroxylation is 1. The Kier molecular flexibility index (Phi) is 5.07. The minimum absolute atomic E-state index is 0.150. The lowest BCUT2D eigenvalue weighted by Crippen LogP contribution is -2.48. The fourth-order valence-electron chi connectivity index (χ4n) is 2.80. The number of carbonyl (C=O) groups is 1. The molecular formula is C16H19N3O4S2. The van der Waals surface area contributed by atoms with Gasteiger partial charge in [-0.1, -0.05) is 6.07 Å². The second kappa shape index (κ2) is 7.11. The second-order valence-electron chi connectivity index (χ2n) is 5.86. The monoisotopic (exact) mass is 381 g/mol. The molecule has 1 fully saturated rings. The van der Waals surface area contributed by atoms with Crippen molar-refractivity contribution in [3.05, 3.63) is 40.9 Å². The highest BCUT2D eigenvalue weighted by Gasteiger charge is 2.29. The first-order chi connectivity index (χ1) is 11.9. The second-order valence-corrected chi connectivity index (χ2v) is 8.68. The Bertz CT molecular complexity index is 858. The van der Waals surface area contributed by atoms with Crippen LogP contribution in [0.3, 0.4) is 0 Å². The van der Waals surface area contributed by atoms with Crippen molar-refractivity contribution in [2.75, 3.05) is 31.1 Å². The third-order valence-corrected chi connectivity index (χ3v) is 6.96. The summed E-state index contributed by atoms with van der Waals surface area (Å²) in [5, 5.41) is 11.8. The number of aliphatic carboxylic acids is 1. The fraction of sp³-hybridized carbons (Fsp3) is 0.375. The van der Waals surface area contributed by atoms with Gasteiger partial charge in [-0.25, -0.2) is 13.4 Å². The van der Waals surface area contributed by atoms with Crippen molar-refractivity contribution in [1.82, 2.24) is 9.29 Å². The molecule has 0 unspecified atom stereocenters. The van der Waals surface area contributed by atoms with Crippen LogP contribution in [0.4, 0.5) is 5.13 Å². The summed E-state index contributed by atoms with van der Waals surface area (Å²) in [6.45, 7) is 3.71. The minimum atomic E-state index is -3.63. The van der Waals surface area contributed by atoms with Crippen molar-refractivity contribution in [1.29, 1.82) is 0 Å². The predicted octanol–water partition coefficient (Wildman–Crippen LogP) is 1.59. The van der Waals surface area contributed by atoms with Crippen LogP contribution < -0.4 is 4.90 Å². The maximum atomic E-state index is 12.9. The number of thiazole rings is 1. The Morgan fingerprint density at radius 2 is 2.00 bits per heavy atom. The van der Waals surface area contributed by atoms with E-state index in [4.69, 9.17) is 5.11 Å². The number of aromatic nitrogens is 1. The Morgan fingerprint density at radius 3 is 2.60 bits per heavy atom. The molecule has 0 radical (unpaired) electrons. The number of hydrogen-bond donors (Lipinski definition) is 1. The summed E-state index contributed by atoms with van der Waals surface area (Å²) in [4.78, 5) is 17.4. The van der Waals surface area contributed by atoms with Gasteiger partial charge in [0.25, 0.3) is 0 Å². The van der Waals surface area contributed by atoms with E-state index < -0.39 is 16.0 Å². The zero-order chi connectivity index (χ0) is 18.0. The first kappa shape index (κ1) is 17.8. The molecule has 25 heavy (non-hydrogen) atoms. The van der Waals surface area contributed by atoms with Gasteiger partial charge in [-0.15, -0.1) is 11.3 Å². The van der Waals surface area contributed by atoms with Crippen molar-refractivity contribution in [2.24, 2.45) is 0 Å². The number of sulfonamides is 1. The Labute approximate surface area is 150 Å². The van der Waals surface area contributed by atoms with Crippen molar-refractivity contribution >= 4 is 32.5 Å². The molecule has 1 saturated heterocycles. The van der Waals surface area contributed by atoms with E-state index in [-0.39, 0.29) is 11.3 Å². The molecule has 0 amide bonds. The van der Waals surface area contributed by atoms with Crippen LogP contribution >= 0.6 is 11.3 Å². The number of piperazine rings is 1. The van der Waals surface area contributed by atoms with Gasteiger partial charge in [0.05, 0.1) is 11.3 Å². The van der Waals surface area contributed by atoms with E-state index >= 15 is 0 Å². The van der Waals surface area contributed by atoms with Crippen LogP contribution in [0.15, 0.2) is 34.7 Å². The number of rotatable bonds is 5. The Balaban J connectivity index is 1.77. The first-order valence-corrected chi connectivity index (χ1v) is 10.2. The molecule has 0 spiro atoms. The SMILES string of the molecule is Cc1ccc(S(=O)(=O)N2CCN(c3nccs3)CC2)cc1CC(=O)O. The molecular weight excluding hydrogens is 362 g/mol. The lowest BCUT2D eigenvalue weighted by molar-refractivity contribution is -0.136. The third kappa shape index (κ3) is 3.83. The maximum Gasteiger partial charge on any atom is 0.307 e. The van der Waals surface area contributed by atoms with E-state index in [2.05, 4.69) is 9.88 Å². The number of carboxylic acids is 1. The summed E-state index contributed by atoms with van der Waals surface area (Å²) >= 11 is 1.54. The van der Waals surface area contributed by atoms with Gasteiger partial charge in [0.15, 0.2) is 5.13 Å². The molecule has 1 aromatic carbocycles. The molecule has 0 atom stereocenters. The van der Waals surface area contributed by atoms with Crippen molar-refractivity contribution in [3.8, 4) is 0 Å². The molecule has 1 aliphatic heterocycles. The summed E-state index contributed by atoms with van der Waals surface area (Å²) in [5.41, 5.74) is 1.30. The average molecular weight is 381 g/mol. The summed E-state index contributed by atoms with van der Waals surface area (Å²) in [7, 11) is -3.63. The predicted molar refractivity (Wildman–Crippen MR) is 95.6 cm³/mol. The first-order valence-electron chi connectivity index (χ1n) is 7.84. The Morgan fingerprint density at radius 1 is 1.28 bits per heavy atom. The highest BCUT2D eigenvalue weighted by atomic mass is 32.2. The van der Waals surface area contributed by atoms with Crippen LogP contribution in [-0.2, 0) is 21.2 Å². The number of carboxylic acid groups (broad SMARTS) is 1. The highest BCUT2D eigenvalue weighted by Crippen LogP contribution is 2.24. The topological polar surface area (TPSA) is 90.8 Å². The third-order valence-electron chi connectivity index (χ3n) is 4.23. The van der Waals surface area contributed by atoms with E-state index in [1.165, 1.54) is 21.7 Å². The largest absolute Gasteiger partial charge is 0.481 e. The van der Waals surface area contributed by atoms with Gasteiger partial charge in [-0.2, -0.15) is 4.31 Å². The molecule has 134 valence electrons. The molecule has 1 aromatic heterocycles. The lowest BCUT2D eigenvalue weighted by Gasteiger charge is -2.33. The van der Waals surface area contributed by atoms with E-state index in [1.807, 2.05) is 5.38 Å². The Hall–Kier alpha value is -1.97. The number of anilines is 1. The van der Waals surface area contributed by atoms with Gasteiger partial charge >= 0.3 is 5.97 Å². The van der Waals surface area contributed by atoms with E-state index in [0.29, 0.717) is 31.7 Å². The van der Waals surface area contributed by atoms with Gasteiger partial charge in [0, 0.05) is 37.8 Å². The molecule has 1 aliphatic rings. The molecule has 1 N–H and O–H groups in total. The summed E-state index contributed by atoms with van der Waals surface area (Å²) < 4.78 is 27.2. The average Bonchev–Trinajstić information content (AvgIpc) is 3.11. The maximum absolute atomic E-state index is 12.9. The van der Waals surface area contributed by atoms with Crippen LogP contribution in [0.2, 0.25) is 0 Å². The van der Waals surface area contributed by atoms with Crippen LogP contribution in [0, 0.1) is 6.92 Å². The van der Waals surface area contributed by atoms with Gasteiger partial charge < -0.3 is 10.0 Å². The normalized spacial score (nSPS) is 16.1. The van der Waals surface area contributed by atoms with Crippen LogP contribution in [0.1, 0.15) is 11.1 Å². The summed E-state index contributed by atoms with van der Waals surface area (Å²) in [6.07, 6.45) is 1.55. The number of hydrogen-bond acceptors (Lipinski definition) is 6. The highest BCUT2D eigenvalue weighted by molar-refractivity contribution is 7.89. The van der Waals surface area contributed by atoms with E-state index in [0.717, 1.165) is 10.7 Å². The lowest BCUT2D eigenvalue weighted by atomic mass is 10.1. The summed E-state index contributed by atoms with van der Waals surface area (Å²) in [6, 6.07) is 4.69. The van der Waals surface area contributed by atoms with Gasteiger partial charge in [-0.3, -0.25) is 4.79 Å². The number of nitrogens with zero attached hydrogens (tertiary/aromatic N) is 3. The number of benzene rings is 1. The molecule has 3 rings (SSSR count). The summed E-state index contributed by atoms with van der Waals surface area (Å²) in [5.74, 6) is -0.977. The molecule has 0 aliphatic carbocycles. The molecule has 0 saturated carbocycles. The van der Waals surface area contributed by atoms with Crippen molar-refractivity contribution < 1.29 is 18.3 Å². The van der Waals surface area contributed by atoms with Gasteiger partial charge in [0.2, 0.25) is 10.0 Å². The zero-order valence-electron chi connectivity index (χ0n) is 13.8. The smallest absolute Gasteiger partial charge is 0.307 e. The zero-order valence-corrected chi connectivity index (χ0v) is 15.4. The van der Waals surface area contributed by atoms with Crippen molar-refractivity contribution in [3.63, 3.8) is 0 Å². The molecule has 9 heteroatoms. The van der Waals surface area contributed by atoms with Crippen LogP contribution in [0.25, 0.3) is 0 Å². The molecule has 2 aromatic rings. The minimum Gasteiger partial charge on any atom is -0.481 e. The quantitative estimate of drug-likeness (QED) is 0.846. The van der Waals surface area contributed by atoms with Gasteiger partial charge in [-0.05, 0) is 30.2 Å². The van der Waals surface area contributed by atoms with Gasteiger partial charge in [0.1, 0.15) is 0 Å². The standard InChI is InChI=1S/C16H19N3O4S2/c1-12-2-3-14(10-13(12)11-15(20)21)25(22,23)19-7-5-18(6-8-19)16-17-4-9-24-16/h2-4,9-10H,5-8,11H2,1H3,(H,20,21).